The third-order valence-electron chi connectivity index (χ3n) is 2.67. The molecular weight excluding hydrogens is 226 g/mol. The van der Waals surface area contributed by atoms with Gasteiger partial charge in [-0.25, -0.2) is 4.98 Å². The molecule has 92 valence electrons. The van der Waals surface area contributed by atoms with E-state index in [9.17, 15) is 4.79 Å². The molecule has 0 aliphatic heterocycles. The lowest BCUT2D eigenvalue weighted by Gasteiger charge is -2.08. The first kappa shape index (κ1) is 12.2. The van der Waals surface area contributed by atoms with Gasteiger partial charge >= 0.3 is 0 Å². The number of hydrogen-bond donors (Lipinski definition) is 1. The number of carbonyl (C=O) groups is 1. The number of anilines is 1. The molecule has 0 saturated heterocycles. The zero-order chi connectivity index (χ0) is 13.0. The second-order valence-electron chi connectivity index (χ2n) is 3.97. The summed E-state index contributed by atoms with van der Waals surface area (Å²) in [4.78, 5) is 19.7. The molecule has 4 heteroatoms. The molecule has 2 aromatic rings. The summed E-state index contributed by atoms with van der Waals surface area (Å²) in [7, 11) is 0. The molecule has 0 bridgehead atoms. The number of pyridine rings is 2. The van der Waals surface area contributed by atoms with Gasteiger partial charge in [-0.3, -0.25) is 9.78 Å². The van der Waals surface area contributed by atoms with Crippen LogP contribution in [0, 0.1) is 6.92 Å². The number of amides is 1. The van der Waals surface area contributed by atoms with Crippen molar-refractivity contribution in [3.8, 4) is 11.1 Å². The van der Waals surface area contributed by atoms with Crippen molar-refractivity contribution in [3.63, 3.8) is 0 Å². The molecule has 1 amide bonds. The van der Waals surface area contributed by atoms with E-state index in [1.807, 2.05) is 38.1 Å². The molecule has 0 radical (unpaired) electrons. The lowest BCUT2D eigenvalue weighted by molar-refractivity contribution is -0.115. The van der Waals surface area contributed by atoms with Crippen molar-refractivity contribution in [1.82, 2.24) is 9.97 Å². The highest BCUT2D eigenvalue weighted by molar-refractivity contribution is 5.89. The normalized spacial score (nSPS) is 10.1. The fraction of sp³-hybridized carbons (Fsp3) is 0.214. The Morgan fingerprint density at radius 2 is 1.94 bits per heavy atom. The van der Waals surface area contributed by atoms with Gasteiger partial charge in [-0.2, -0.15) is 0 Å². The smallest absolute Gasteiger partial charge is 0.225 e. The summed E-state index contributed by atoms with van der Waals surface area (Å²) in [5.41, 5.74) is 3.00. The predicted molar refractivity (Wildman–Crippen MR) is 71.1 cm³/mol. The van der Waals surface area contributed by atoms with Gasteiger partial charge < -0.3 is 5.32 Å². The van der Waals surface area contributed by atoms with Crippen LogP contribution in [0.25, 0.3) is 11.1 Å². The third-order valence-corrected chi connectivity index (χ3v) is 2.67. The van der Waals surface area contributed by atoms with Crippen molar-refractivity contribution in [2.24, 2.45) is 0 Å². The van der Waals surface area contributed by atoms with Crippen LogP contribution in [0.3, 0.4) is 0 Å². The van der Waals surface area contributed by atoms with Gasteiger partial charge in [-0.15, -0.1) is 0 Å². The van der Waals surface area contributed by atoms with E-state index in [2.05, 4.69) is 15.3 Å². The minimum Gasteiger partial charge on any atom is -0.311 e. The van der Waals surface area contributed by atoms with Crippen LogP contribution < -0.4 is 5.32 Å². The standard InChI is InChI=1S/C14H15N3O/c1-3-14(18)17-13-5-4-12(10(2)16-13)11-6-8-15-9-7-11/h4-9H,3H2,1-2H3,(H,16,17,18). The minimum atomic E-state index is -0.0291. The van der Waals surface area contributed by atoms with Crippen LogP contribution in [-0.2, 0) is 4.79 Å². The molecule has 0 aliphatic carbocycles. The van der Waals surface area contributed by atoms with Crippen LogP contribution in [0.1, 0.15) is 19.0 Å². The van der Waals surface area contributed by atoms with E-state index >= 15 is 0 Å². The maximum Gasteiger partial charge on any atom is 0.225 e. The zero-order valence-electron chi connectivity index (χ0n) is 10.5. The first-order valence-corrected chi connectivity index (χ1v) is 5.88. The van der Waals surface area contributed by atoms with E-state index in [4.69, 9.17) is 0 Å². The Bertz CT molecular complexity index is 552. The molecule has 4 nitrogen and oxygen atoms in total. The first-order valence-electron chi connectivity index (χ1n) is 5.88. The van der Waals surface area contributed by atoms with E-state index < -0.39 is 0 Å². The Morgan fingerprint density at radius 1 is 1.22 bits per heavy atom. The second kappa shape index (κ2) is 5.40. The molecule has 2 aromatic heterocycles. The van der Waals surface area contributed by atoms with Crippen molar-refractivity contribution in [2.75, 3.05) is 5.32 Å². The number of carbonyl (C=O) groups excluding carboxylic acids is 1. The molecule has 1 N–H and O–H groups in total. The highest BCUT2D eigenvalue weighted by atomic mass is 16.1. The Kier molecular flexibility index (Phi) is 3.67. The van der Waals surface area contributed by atoms with E-state index in [-0.39, 0.29) is 5.91 Å². The summed E-state index contributed by atoms with van der Waals surface area (Å²) in [6.07, 6.45) is 3.95. The van der Waals surface area contributed by atoms with Gasteiger partial charge in [-0.1, -0.05) is 6.92 Å². The molecule has 0 fully saturated rings. The van der Waals surface area contributed by atoms with E-state index in [0.717, 1.165) is 16.8 Å². The van der Waals surface area contributed by atoms with Crippen LogP contribution in [0.2, 0.25) is 0 Å². The number of nitrogens with one attached hydrogen (secondary N) is 1. The van der Waals surface area contributed by atoms with Crippen LogP contribution >= 0.6 is 0 Å². The summed E-state index contributed by atoms with van der Waals surface area (Å²) in [6, 6.07) is 7.65. The molecule has 0 unspecified atom stereocenters. The molecule has 0 aromatic carbocycles. The van der Waals surface area contributed by atoms with Crippen LogP contribution in [0.15, 0.2) is 36.7 Å². The highest BCUT2D eigenvalue weighted by Crippen LogP contribution is 2.22. The lowest BCUT2D eigenvalue weighted by Crippen LogP contribution is -2.11. The number of rotatable bonds is 3. The fourth-order valence-electron chi connectivity index (χ4n) is 1.70. The number of nitrogens with zero attached hydrogens (tertiary/aromatic N) is 2. The van der Waals surface area contributed by atoms with E-state index in [0.29, 0.717) is 12.2 Å². The molecule has 0 atom stereocenters. The number of aryl methyl sites for hydroxylation is 1. The van der Waals surface area contributed by atoms with Crippen molar-refractivity contribution in [3.05, 3.63) is 42.4 Å². The average molecular weight is 241 g/mol. The zero-order valence-corrected chi connectivity index (χ0v) is 10.5. The van der Waals surface area contributed by atoms with E-state index in [1.165, 1.54) is 0 Å². The topological polar surface area (TPSA) is 54.9 Å². The Labute approximate surface area is 106 Å². The lowest BCUT2D eigenvalue weighted by atomic mass is 10.1. The van der Waals surface area contributed by atoms with E-state index in [1.54, 1.807) is 12.4 Å². The third kappa shape index (κ3) is 2.71. The Morgan fingerprint density at radius 3 is 2.56 bits per heavy atom. The minimum absolute atomic E-state index is 0.0291. The van der Waals surface area contributed by atoms with Crippen molar-refractivity contribution in [1.29, 1.82) is 0 Å². The molecule has 0 saturated carbocycles. The van der Waals surface area contributed by atoms with Gasteiger partial charge in [0.2, 0.25) is 5.91 Å². The average Bonchev–Trinajstić information content (AvgIpc) is 2.40. The number of hydrogen-bond acceptors (Lipinski definition) is 3. The molecule has 2 heterocycles. The van der Waals surface area contributed by atoms with Crippen molar-refractivity contribution in [2.45, 2.75) is 20.3 Å². The molecular formula is C14H15N3O. The van der Waals surface area contributed by atoms with Gasteiger partial charge in [0.15, 0.2) is 0 Å². The quantitative estimate of drug-likeness (QED) is 0.899. The monoisotopic (exact) mass is 241 g/mol. The molecule has 18 heavy (non-hydrogen) atoms. The Balaban J connectivity index is 2.28. The largest absolute Gasteiger partial charge is 0.311 e. The SMILES string of the molecule is CCC(=O)Nc1ccc(-c2ccncc2)c(C)n1. The van der Waals surface area contributed by atoms with Gasteiger partial charge in [0.1, 0.15) is 5.82 Å². The summed E-state index contributed by atoms with van der Waals surface area (Å²) in [5, 5.41) is 2.75. The second-order valence-corrected chi connectivity index (χ2v) is 3.97. The summed E-state index contributed by atoms with van der Waals surface area (Å²) < 4.78 is 0. The van der Waals surface area contributed by atoms with Crippen molar-refractivity contribution >= 4 is 11.7 Å². The summed E-state index contributed by atoms with van der Waals surface area (Å²) in [5.74, 6) is 0.565. The molecule has 0 aliphatic rings. The van der Waals surface area contributed by atoms with Crippen LogP contribution in [0.4, 0.5) is 5.82 Å². The van der Waals surface area contributed by atoms with Gasteiger partial charge in [0.25, 0.3) is 0 Å². The van der Waals surface area contributed by atoms with Gasteiger partial charge in [-0.05, 0) is 36.8 Å². The Hall–Kier alpha value is -2.23. The highest BCUT2D eigenvalue weighted by Gasteiger charge is 2.05. The molecule has 0 spiro atoms. The van der Waals surface area contributed by atoms with Gasteiger partial charge in [0, 0.05) is 30.1 Å². The first-order chi connectivity index (χ1) is 8.70. The summed E-state index contributed by atoms with van der Waals surface area (Å²) in [6.45, 7) is 3.74. The van der Waals surface area contributed by atoms with Crippen LogP contribution in [-0.4, -0.2) is 15.9 Å². The predicted octanol–water partition coefficient (Wildman–Crippen LogP) is 2.80. The maximum absolute atomic E-state index is 11.3. The number of aromatic nitrogens is 2. The van der Waals surface area contributed by atoms with Gasteiger partial charge in [0.05, 0.1) is 0 Å². The fourth-order valence-corrected chi connectivity index (χ4v) is 1.70. The van der Waals surface area contributed by atoms with Crippen LogP contribution in [0.5, 0.6) is 0 Å². The molecule has 2 rings (SSSR count). The maximum atomic E-state index is 11.3. The van der Waals surface area contributed by atoms with Crippen molar-refractivity contribution < 1.29 is 4.79 Å². The summed E-state index contributed by atoms with van der Waals surface area (Å²) >= 11 is 0.